The van der Waals surface area contributed by atoms with E-state index < -0.39 is 22.0 Å². The molecule has 0 saturated carbocycles. The summed E-state index contributed by atoms with van der Waals surface area (Å²) in [5, 5.41) is 0.332. The highest BCUT2D eigenvalue weighted by atomic mass is 35.5. The van der Waals surface area contributed by atoms with Crippen LogP contribution in [0.15, 0.2) is 47.4 Å². The standard InChI is InChI=1S/C18H19Cl2NO5S/c1-3-26-18(22)17(10-12-4-6-13(25-2)7-5-12)21-27(23,24)14-8-9-15(19)16(20)11-14/h4-9,11,17,21H,3,10H2,1-2H3/t17-/m0/s1. The molecule has 0 aromatic heterocycles. The van der Waals surface area contributed by atoms with Crippen LogP contribution >= 0.6 is 23.2 Å². The maximum Gasteiger partial charge on any atom is 0.324 e. The van der Waals surface area contributed by atoms with E-state index in [9.17, 15) is 13.2 Å². The molecule has 0 spiro atoms. The van der Waals surface area contributed by atoms with Crippen molar-refractivity contribution < 1.29 is 22.7 Å². The van der Waals surface area contributed by atoms with Gasteiger partial charge in [-0.05, 0) is 49.2 Å². The summed E-state index contributed by atoms with van der Waals surface area (Å²) in [7, 11) is -2.47. The van der Waals surface area contributed by atoms with Crippen molar-refractivity contribution in [2.45, 2.75) is 24.3 Å². The first-order valence-corrected chi connectivity index (χ1v) is 10.3. The number of halogens is 2. The number of benzene rings is 2. The van der Waals surface area contributed by atoms with Gasteiger partial charge in [0.05, 0.1) is 28.7 Å². The van der Waals surface area contributed by atoms with Gasteiger partial charge in [-0.1, -0.05) is 35.3 Å². The minimum absolute atomic E-state index is 0.0964. The van der Waals surface area contributed by atoms with E-state index in [-0.39, 0.29) is 28.0 Å². The molecular weight excluding hydrogens is 413 g/mol. The Balaban J connectivity index is 2.27. The number of sulfonamides is 1. The predicted molar refractivity (Wildman–Crippen MR) is 104 cm³/mol. The Bertz CT molecular complexity index is 900. The average molecular weight is 432 g/mol. The van der Waals surface area contributed by atoms with E-state index in [0.29, 0.717) is 5.75 Å². The minimum Gasteiger partial charge on any atom is -0.497 e. The van der Waals surface area contributed by atoms with Crippen molar-refractivity contribution in [2.24, 2.45) is 0 Å². The van der Waals surface area contributed by atoms with Gasteiger partial charge in [-0.3, -0.25) is 4.79 Å². The third-order valence-electron chi connectivity index (χ3n) is 3.67. The molecule has 2 aromatic rings. The number of esters is 1. The Hall–Kier alpha value is -1.80. The lowest BCUT2D eigenvalue weighted by Crippen LogP contribution is -2.43. The zero-order chi connectivity index (χ0) is 20.0. The molecule has 0 aliphatic rings. The van der Waals surface area contributed by atoms with Gasteiger partial charge in [-0.25, -0.2) is 8.42 Å². The van der Waals surface area contributed by atoms with Gasteiger partial charge >= 0.3 is 5.97 Å². The summed E-state index contributed by atoms with van der Waals surface area (Å²) in [6, 6.07) is 9.76. The first-order chi connectivity index (χ1) is 12.8. The summed E-state index contributed by atoms with van der Waals surface area (Å²) in [6.07, 6.45) is 0.114. The molecular formula is C18H19Cl2NO5S. The first-order valence-electron chi connectivity index (χ1n) is 8.03. The zero-order valence-electron chi connectivity index (χ0n) is 14.7. The van der Waals surface area contributed by atoms with Crippen LogP contribution in [0, 0.1) is 0 Å². The van der Waals surface area contributed by atoms with Crippen LogP contribution in [0.1, 0.15) is 12.5 Å². The van der Waals surface area contributed by atoms with E-state index >= 15 is 0 Å². The summed E-state index contributed by atoms with van der Waals surface area (Å²) in [4.78, 5) is 12.2. The van der Waals surface area contributed by atoms with Gasteiger partial charge in [-0.2, -0.15) is 4.72 Å². The molecule has 0 saturated heterocycles. The van der Waals surface area contributed by atoms with Crippen LogP contribution in [0.25, 0.3) is 0 Å². The predicted octanol–water partition coefficient (Wildman–Crippen LogP) is 3.45. The highest BCUT2D eigenvalue weighted by Gasteiger charge is 2.27. The van der Waals surface area contributed by atoms with Gasteiger partial charge < -0.3 is 9.47 Å². The lowest BCUT2D eigenvalue weighted by Gasteiger charge is -2.18. The number of methoxy groups -OCH3 is 1. The Morgan fingerprint density at radius 1 is 1.11 bits per heavy atom. The molecule has 0 aliphatic carbocycles. The van der Waals surface area contributed by atoms with Gasteiger partial charge in [0.15, 0.2) is 0 Å². The number of carbonyl (C=O) groups excluding carboxylic acids is 1. The van der Waals surface area contributed by atoms with Crippen molar-refractivity contribution in [1.29, 1.82) is 0 Å². The normalized spacial score (nSPS) is 12.4. The van der Waals surface area contributed by atoms with Crippen molar-refractivity contribution in [3.8, 4) is 5.75 Å². The highest BCUT2D eigenvalue weighted by molar-refractivity contribution is 7.89. The zero-order valence-corrected chi connectivity index (χ0v) is 17.1. The van der Waals surface area contributed by atoms with Gasteiger partial charge in [0.2, 0.25) is 10.0 Å². The summed E-state index contributed by atoms with van der Waals surface area (Å²) >= 11 is 11.7. The van der Waals surface area contributed by atoms with Crippen molar-refractivity contribution >= 4 is 39.2 Å². The summed E-state index contributed by atoms with van der Waals surface area (Å²) in [5.41, 5.74) is 0.741. The second-order valence-corrected chi connectivity index (χ2v) is 8.08. The molecule has 146 valence electrons. The lowest BCUT2D eigenvalue weighted by atomic mass is 10.1. The molecule has 0 radical (unpaired) electrons. The van der Waals surface area contributed by atoms with Crippen LogP contribution in [0.2, 0.25) is 10.0 Å². The molecule has 1 atom stereocenters. The molecule has 0 unspecified atom stereocenters. The number of hydrogen-bond donors (Lipinski definition) is 1. The van der Waals surface area contributed by atoms with Crippen LogP contribution in [0.4, 0.5) is 0 Å². The van der Waals surface area contributed by atoms with E-state index in [4.69, 9.17) is 32.7 Å². The Labute approximate surface area is 168 Å². The molecule has 2 rings (SSSR count). The van der Waals surface area contributed by atoms with Crippen molar-refractivity contribution in [1.82, 2.24) is 4.72 Å². The molecule has 9 heteroatoms. The van der Waals surface area contributed by atoms with E-state index in [1.165, 1.54) is 18.2 Å². The Morgan fingerprint density at radius 2 is 1.78 bits per heavy atom. The molecule has 0 aliphatic heterocycles. The molecule has 0 heterocycles. The van der Waals surface area contributed by atoms with Gasteiger partial charge in [0.1, 0.15) is 11.8 Å². The molecule has 0 bridgehead atoms. The highest BCUT2D eigenvalue weighted by Crippen LogP contribution is 2.25. The third kappa shape index (κ3) is 5.84. The van der Waals surface area contributed by atoms with Crippen LogP contribution in [-0.2, 0) is 26.0 Å². The third-order valence-corrected chi connectivity index (χ3v) is 5.88. The quantitative estimate of drug-likeness (QED) is 0.647. The second-order valence-electron chi connectivity index (χ2n) is 5.55. The molecule has 0 fully saturated rings. The largest absolute Gasteiger partial charge is 0.497 e. The first kappa shape index (κ1) is 21.5. The maximum absolute atomic E-state index is 12.7. The molecule has 27 heavy (non-hydrogen) atoms. The Kier molecular flexibility index (Phi) is 7.49. The monoisotopic (exact) mass is 431 g/mol. The fourth-order valence-corrected chi connectivity index (χ4v) is 3.89. The van der Waals surface area contributed by atoms with E-state index in [0.717, 1.165) is 5.56 Å². The number of hydrogen-bond acceptors (Lipinski definition) is 5. The number of rotatable bonds is 8. The smallest absolute Gasteiger partial charge is 0.324 e. The minimum atomic E-state index is -4.01. The van der Waals surface area contributed by atoms with Crippen LogP contribution < -0.4 is 9.46 Å². The maximum atomic E-state index is 12.7. The number of ether oxygens (including phenoxy) is 2. The van der Waals surface area contributed by atoms with Crippen molar-refractivity contribution in [3.05, 3.63) is 58.1 Å². The van der Waals surface area contributed by atoms with Gasteiger partial charge in [-0.15, -0.1) is 0 Å². The average Bonchev–Trinajstić information content (AvgIpc) is 2.64. The van der Waals surface area contributed by atoms with E-state index in [2.05, 4.69) is 4.72 Å². The van der Waals surface area contributed by atoms with E-state index in [1.807, 2.05) is 0 Å². The number of nitrogens with one attached hydrogen (secondary N) is 1. The number of carbonyl (C=O) groups is 1. The fraction of sp³-hybridized carbons (Fsp3) is 0.278. The Morgan fingerprint density at radius 3 is 2.33 bits per heavy atom. The lowest BCUT2D eigenvalue weighted by molar-refractivity contribution is -0.145. The SMILES string of the molecule is CCOC(=O)[C@H](Cc1ccc(OC)cc1)NS(=O)(=O)c1ccc(Cl)c(Cl)c1. The van der Waals surface area contributed by atoms with E-state index in [1.54, 1.807) is 38.3 Å². The van der Waals surface area contributed by atoms with Crippen LogP contribution in [-0.4, -0.2) is 34.1 Å². The molecule has 6 nitrogen and oxygen atoms in total. The molecule has 0 amide bonds. The van der Waals surface area contributed by atoms with Crippen LogP contribution in [0.5, 0.6) is 5.75 Å². The van der Waals surface area contributed by atoms with Crippen LogP contribution in [0.3, 0.4) is 0 Å². The van der Waals surface area contributed by atoms with Crippen molar-refractivity contribution in [3.63, 3.8) is 0 Å². The molecule has 2 aromatic carbocycles. The van der Waals surface area contributed by atoms with Crippen molar-refractivity contribution in [2.75, 3.05) is 13.7 Å². The van der Waals surface area contributed by atoms with Gasteiger partial charge in [0.25, 0.3) is 0 Å². The summed E-state index contributed by atoms with van der Waals surface area (Å²) < 4.78 is 37.8. The van der Waals surface area contributed by atoms with Gasteiger partial charge in [0, 0.05) is 0 Å². The summed E-state index contributed by atoms with van der Waals surface area (Å²) in [5.74, 6) is -0.0141. The fourth-order valence-electron chi connectivity index (χ4n) is 2.31. The second kappa shape index (κ2) is 9.41. The molecule has 1 N–H and O–H groups in total. The summed E-state index contributed by atoms with van der Waals surface area (Å²) in [6.45, 7) is 1.78. The topological polar surface area (TPSA) is 81.7 Å².